The molecule has 0 unspecified atom stereocenters. The molecule has 1 amide bonds. The lowest BCUT2D eigenvalue weighted by Crippen LogP contribution is -2.22. The monoisotopic (exact) mass is 251 g/mol. The number of aromatic nitrogens is 2. The van der Waals surface area contributed by atoms with Crippen LogP contribution in [-0.2, 0) is 11.3 Å². The van der Waals surface area contributed by atoms with Gasteiger partial charge in [0.05, 0.1) is 11.0 Å². The SMILES string of the molecule is O=C(CCS)NCc1ccc2[nH]c(=O)[nH]c2c1. The van der Waals surface area contributed by atoms with E-state index >= 15 is 0 Å². The van der Waals surface area contributed by atoms with Crippen LogP contribution in [0.2, 0.25) is 0 Å². The molecular formula is C11H13N3O2S. The summed E-state index contributed by atoms with van der Waals surface area (Å²) in [5, 5.41) is 2.78. The zero-order chi connectivity index (χ0) is 12.3. The van der Waals surface area contributed by atoms with E-state index in [1.54, 1.807) is 0 Å². The maximum Gasteiger partial charge on any atom is 0.323 e. The summed E-state index contributed by atoms with van der Waals surface area (Å²) >= 11 is 3.99. The van der Waals surface area contributed by atoms with E-state index in [1.807, 2.05) is 18.2 Å². The van der Waals surface area contributed by atoms with Crippen molar-refractivity contribution < 1.29 is 4.79 Å². The van der Waals surface area contributed by atoms with Gasteiger partial charge >= 0.3 is 5.69 Å². The number of H-pyrrole nitrogens is 2. The molecule has 2 rings (SSSR count). The fraction of sp³-hybridized carbons (Fsp3) is 0.273. The van der Waals surface area contributed by atoms with E-state index in [0.29, 0.717) is 18.7 Å². The summed E-state index contributed by atoms with van der Waals surface area (Å²) in [6.07, 6.45) is 0.409. The molecule has 0 saturated carbocycles. The fourth-order valence-corrected chi connectivity index (χ4v) is 1.78. The molecule has 3 N–H and O–H groups in total. The van der Waals surface area contributed by atoms with Gasteiger partial charge in [0.1, 0.15) is 0 Å². The molecule has 1 aromatic heterocycles. The van der Waals surface area contributed by atoms with E-state index < -0.39 is 0 Å². The predicted octanol–water partition coefficient (Wildman–Crippen LogP) is 0.792. The van der Waals surface area contributed by atoms with Gasteiger partial charge in [0.15, 0.2) is 0 Å². The topological polar surface area (TPSA) is 77.8 Å². The van der Waals surface area contributed by atoms with Gasteiger partial charge in [-0.05, 0) is 23.4 Å². The third-order valence-corrected chi connectivity index (χ3v) is 2.63. The molecule has 0 aliphatic carbocycles. The number of fused-ring (bicyclic) bond motifs is 1. The number of carbonyl (C=O) groups excluding carboxylic acids is 1. The summed E-state index contributed by atoms with van der Waals surface area (Å²) in [6, 6.07) is 5.52. The molecule has 0 aliphatic heterocycles. The number of amides is 1. The standard InChI is InChI=1S/C11H13N3O2S/c15-10(3-4-17)12-6-7-1-2-8-9(5-7)14-11(16)13-8/h1-2,5,17H,3-4,6H2,(H,12,15)(H2,13,14,16). The first-order valence-corrected chi connectivity index (χ1v) is 5.91. The number of thiol groups is 1. The molecule has 0 atom stereocenters. The van der Waals surface area contributed by atoms with Crippen LogP contribution in [0, 0.1) is 0 Å². The highest BCUT2D eigenvalue weighted by Crippen LogP contribution is 2.09. The van der Waals surface area contributed by atoms with Gasteiger partial charge in [0.25, 0.3) is 0 Å². The molecule has 0 radical (unpaired) electrons. The van der Waals surface area contributed by atoms with Crippen LogP contribution in [0.1, 0.15) is 12.0 Å². The van der Waals surface area contributed by atoms with Crippen LogP contribution in [-0.4, -0.2) is 21.6 Å². The Bertz CT molecular complexity index is 588. The quantitative estimate of drug-likeness (QED) is 0.606. The molecule has 17 heavy (non-hydrogen) atoms. The highest BCUT2D eigenvalue weighted by Gasteiger charge is 2.02. The summed E-state index contributed by atoms with van der Waals surface area (Å²) in [4.78, 5) is 27.7. The Kier molecular flexibility index (Phi) is 3.53. The molecule has 90 valence electrons. The Labute approximate surface area is 103 Å². The third-order valence-electron chi connectivity index (χ3n) is 2.41. The average molecular weight is 251 g/mol. The fourth-order valence-electron chi connectivity index (χ4n) is 1.58. The van der Waals surface area contributed by atoms with E-state index in [-0.39, 0.29) is 11.6 Å². The van der Waals surface area contributed by atoms with Crippen LogP contribution < -0.4 is 11.0 Å². The van der Waals surface area contributed by atoms with Crippen LogP contribution in [0.5, 0.6) is 0 Å². The molecule has 5 nitrogen and oxygen atoms in total. The lowest BCUT2D eigenvalue weighted by atomic mass is 10.2. The Morgan fingerprint density at radius 3 is 2.82 bits per heavy atom. The number of imidazole rings is 1. The second kappa shape index (κ2) is 5.09. The Hall–Kier alpha value is -1.69. The Balaban J connectivity index is 2.08. The molecule has 0 aliphatic rings. The lowest BCUT2D eigenvalue weighted by molar-refractivity contribution is -0.120. The van der Waals surface area contributed by atoms with Crippen LogP contribution in [0.25, 0.3) is 11.0 Å². The molecule has 2 aromatic rings. The minimum atomic E-state index is -0.226. The smallest absolute Gasteiger partial charge is 0.323 e. The van der Waals surface area contributed by atoms with E-state index in [0.717, 1.165) is 16.6 Å². The molecule has 6 heteroatoms. The van der Waals surface area contributed by atoms with Gasteiger partial charge in [0.2, 0.25) is 5.91 Å². The van der Waals surface area contributed by atoms with Crippen LogP contribution >= 0.6 is 12.6 Å². The van der Waals surface area contributed by atoms with Gasteiger partial charge in [-0.1, -0.05) is 6.07 Å². The average Bonchev–Trinajstić information content (AvgIpc) is 2.66. The van der Waals surface area contributed by atoms with Crippen LogP contribution in [0.15, 0.2) is 23.0 Å². The predicted molar refractivity (Wildman–Crippen MR) is 69.2 cm³/mol. The maximum absolute atomic E-state index is 11.3. The number of hydrogen-bond donors (Lipinski definition) is 4. The van der Waals surface area contributed by atoms with Crippen molar-refractivity contribution in [2.75, 3.05) is 5.75 Å². The van der Waals surface area contributed by atoms with Crippen molar-refractivity contribution in [3.05, 3.63) is 34.2 Å². The van der Waals surface area contributed by atoms with Gasteiger partial charge < -0.3 is 15.3 Å². The van der Waals surface area contributed by atoms with E-state index in [2.05, 4.69) is 27.9 Å². The largest absolute Gasteiger partial charge is 0.352 e. The van der Waals surface area contributed by atoms with Crippen molar-refractivity contribution in [3.63, 3.8) is 0 Å². The van der Waals surface area contributed by atoms with Gasteiger partial charge in [-0.15, -0.1) is 0 Å². The first-order valence-electron chi connectivity index (χ1n) is 5.27. The number of aromatic amines is 2. The minimum Gasteiger partial charge on any atom is -0.352 e. The highest BCUT2D eigenvalue weighted by atomic mass is 32.1. The summed E-state index contributed by atoms with van der Waals surface area (Å²) < 4.78 is 0. The van der Waals surface area contributed by atoms with Gasteiger partial charge in [-0.3, -0.25) is 4.79 Å². The van der Waals surface area contributed by atoms with Crippen LogP contribution in [0.3, 0.4) is 0 Å². The number of benzene rings is 1. The number of hydrogen-bond acceptors (Lipinski definition) is 3. The molecule has 0 fully saturated rings. The van der Waals surface area contributed by atoms with Crippen LogP contribution in [0.4, 0.5) is 0 Å². The second-order valence-electron chi connectivity index (χ2n) is 3.71. The number of rotatable bonds is 4. The molecule has 0 bridgehead atoms. The van der Waals surface area contributed by atoms with Gasteiger partial charge in [-0.25, -0.2) is 4.79 Å². The summed E-state index contributed by atoms with van der Waals surface area (Å²) in [5.74, 6) is 0.512. The number of nitrogens with one attached hydrogen (secondary N) is 3. The summed E-state index contributed by atoms with van der Waals surface area (Å²) in [7, 11) is 0. The molecule has 0 saturated heterocycles. The Morgan fingerprint density at radius 1 is 1.29 bits per heavy atom. The Morgan fingerprint density at radius 2 is 2.06 bits per heavy atom. The second-order valence-corrected chi connectivity index (χ2v) is 4.16. The van der Waals surface area contributed by atoms with Gasteiger partial charge in [-0.2, -0.15) is 12.6 Å². The van der Waals surface area contributed by atoms with E-state index in [4.69, 9.17) is 0 Å². The van der Waals surface area contributed by atoms with Crippen molar-refractivity contribution in [2.45, 2.75) is 13.0 Å². The van der Waals surface area contributed by atoms with Crippen molar-refractivity contribution in [1.29, 1.82) is 0 Å². The maximum atomic E-state index is 11.3. The lowest BCUT2D eigenvalue weighted by Gasteiger charge is -2.04. The van der Waals surface area contributed by atoms with Crippen molar-refractivity contribution in [3.8, 4) is 0 Å². The first-order chi connectivity index (χ1) is 8.19. The summed E-state index contributed by atoms with van der Waals surface area (Å²) in [5.41, 5.74) is 2.23. The van der Waals surface area contributed by atoms with Crippen molar-refractivity contribution in [2.24, 2.45) is 0 Å². The third kappa shape index (κ3) is 2.91. The normalized spacial score (nSPS) is 10.6. The number of carbonyl (C=O) groups is 1. The zero-order valence-electron chi connectivity index (χ0n) is 9.12. The molecule has 0 spiro atoms. The highest BCUT2D eigenvalue weighted by molar-refractivity contribution is 7.80. The molecular weight excluding hydrogens is 238 g/mol. The molecule has 1 heterocycles. The van der Waals surface area contributed by atoms with Crippen molar-refractivity contribution in [1.82, 2.24) is 15.3 Å². The van der Waals surface area contributed by atoms with Gasteiger partial charge in [0, 0.05) is 13.0 Å². The molecule has 1 aromatic carbocycles. The minimum absolute atomic E-state index is 0.0253. The van der Waals surface area contributed by atoms with Crippen molar-refractivity contribution >= 4 is 29.6 Å². The van der Waals surface area contributed by atoms with E-state index in [9.17, 15) is 9.59 Å². The summed E-state index contributed by atoms with van der Waals surface area (Å²) in [6.45, 7) is 0.454. The first kappa shape index (κ1) is 11.8. The van der Waals surface area contributed by atoms with E-state index in [1.165, 1.54) is 0 Å². The zero-order valence-corrected chi connectivity index (χ0v) is 10.0.